The Kier molecular flexibility index (Phi) is 5.38. The van der Waals surface area contributed by atoms with Gasteiger partial charge in [-0.2, -0.15) is 0 Å². The maximum atomic E-state index is 3.66. The van der Waals surface area contributed by atoms with E-state index in [-0.39, 0.29) is 0 Å². The zero-order valence-electron chi connectivity index (χ0n) is 12.9. The maximum Gasteiger partial charge on any atom is 0.0302 e. The van der Waals surface area contributed by atoms with Gasteiger partial charge in [0.2, 0.25) is 0 Å². The molecular formula is C18H25NS. The molecule has 1 aromatic heterocycles. The molecule has 1 N–H and O–H groups in total. The molecule has 0 radical (unpaired) electrons. The number of aryl methyl sites for hydroxylation is 2. The fraction of sp³-hybridized carbons (Fsp3) is 0.444. The molecule has 2 rings (SSSR count). The van der Waals surface area contributed by atoms with Crippen LogP contribution in [-0.2, 0) is 0 Å². The molecule has 0 saturated heterocycles. The first-order valence-corrected chi connectivity index (χ1v) is 8.25. The molecule has 2 unspecified atom stereocenters. The largest absolute Gasteiger partial charge is 0.310 e. The number of hydrogen-bond acceptors (Lipinski definition) is 2. The summed E-state index contributed by atoms with van der Waals surface area (Å²) in [4.78, 5) is 2.85. The Labute approximate surface area is 127 Å². The van der Waals surface area contributed by atoms with Crippen molar-refractivity contribution in [1.82, 2.24) is 5.32 Å². The van der Waals surface area contributed by atoms with Gasteiger partial charge in [-0.15, -0.1) is 11.3 Å². The first kappa shape index (κ1) is 15.3. The molecule has 0 saturated carbocycles. The summed E-state index contributed by atoms with van der Waals surface area (Å²) >= 11 is 1.89. The molecule has 2 heteroatoms. The van der Waals surface area contributed by atoms with Crippen LogP contribution in [0.25, 0.3) is 0 Å². The lowest BCUT2D eigenvalue weighted by Crippen LogP contribution is -2.21. The van der Waals surface area contributed by atoms with Crippen molar-refractivity contribution in [1.29, 1.82) is 0 Å². The lowest BCUT2D eigenvalue weighted by atomic mass is 9.98. The van der Waals surface area contributed by atoms with Gasteiger partial charge in [-0.1, -0.05) is 37.3 Å². The van der Waals surface area contributed by atoms with E-state index >= 15 is 0 Å². The van der Waals surface area contributed by atoms with E-state index in [4.69, 9.17) is 0 Å². The van der Waals surface area contributed by atoms with Gasteiger partial charge in [0.1, 0.15) is 0 Å². The fourth-order valence-electron chi connectivity index (χ4n) is 2.65. The molecule has 0 aliphatic heterocycles. The summed E-state index contributed by atoms with van der Waals surface area (Å²) in [5.74, 6) is 0.612. The molecule has 1 heterocycles. The van der Waals surface area contributed by atoms with Gasteiger partial charge in [0, 0.05) is 15.8 Å². The molecule has 0 fully saturated rings. The van der Waals surface area contributed by atoms with Gasteiger partial charge >= 0.3 is 0 Å². The molecule has 0 bridgehead atoms. The van der Waals surface area contributed by atoms with Crippen LogP contribution in [-0.4, -0.2) is 6.54 Å². The summed E-state index contributed by atoms with van der Waals surface area (Å²) in [7, 11) is 0. The minimum atomic E-state index is 0.447. The molecule has 0 aliphatic rings. The van der Waals surface area contributed by atoms with E-state index in [1.807, 2.05) is 11.3 Å². The molecule has 2 aromatic rings. The standard InChI is InChI=1S/C18H25NS/c1-13(17-8-6-5-7-9-17)10-11-19-15(3)18-12-14(2)20-16(18)4/h5-9,12-13,15,19H,10-11H2,1-4H3. The van der Waals surface area contributed by atoms with E-state index in [0.717, 1.165) is 6.54 Å². The topological polar surface area (TPSA) is 12.0 Å². The minimum absolute atomic E-state index is 0.447. The second-order valence-corrected chi connectivity index (χ2v) is 7.11. The molecule has 0 amide bonds. The van der Waals surface area contributed by atoms with Crippen molar-refractivity contribution in [3.05, 3.63) is 57.3 Å². The van der Waals surface area contributed by atoms with E-state index in [0.29, 0.717) is 12.0 Å². The van der Waals surface area contributed by atoms with Crippen LogP contribution < -0.4 is 5.32 Å². The highest BCUT2D eigenvalue weighted by Crippen LogP contribution is 2.26. The van der Waals surface area contributed by atoms with Crippen molar-refractivity contribution < 1.29 is 0 Å². The van der Waals surface area contributed by atoms with E-state index in [2.05, 4.69) is 69.4 Å². The number of rotatable bonds is 6. The van der Waals surface area contributed by atoms with Crippen LogP contribution in [0.2, 0.25) is 0 Å². The van der Waals surface area contributed by atoms with Crippen molar-refractivity contribution in [2.45, 2.75) is 46.1 Å². The Morgan fingerprint density at radius 2 is 1.80 bits per heavy atom. The SMILES string of the molecule is Cc1cc(C(C)NCCC(C)c2ccccc2)c(C)s1. The number of nitrogens with one attached hydrogen (secondary N) is 1. The van der Waals surface area contributed by atoms with Crippen molar-refractivity contribution in [3.8, 4) is 0 Å². The molecule has 0 aliphatic carbocycles. The third-order valence-electron chi connectivity index (χ3n) is 3.94. The number of thiophene rings is 1. The highest BCUT2D eigenvalue weighted by atomic mass is 32.1. The normalized spacial score (nSPS) is 14.2. The van der Waals surface area contributed by atoms with Gasteiger partial charge in [-0.3, -0.25) is 0 Å². The third-order valence-corrected chi connectivity index (χ3v) is 4.92. The fourth-order valence-corrected chi connectivity index (χ4v) is 3.68. The monoisotopic (exact) mass is 287 g/mol. The average Bonchev–Trinajstić information content (AvgIpc) is 2.78. The maximum absolute atomic E-state index is 3.66. The first-order chi connectivity index (χ1) is 9.58. The molecule has 1 aromatic carbocycles. The Morgan fingerprint density at radius 1 is 1.10 bits per heavy atom. The molecule has 1 nitrogen and oxygen atoms in total. The van der Waals surface area contributed by atoms with Gasteiger partial charge in [0.25, 0.3) is 0 Å². The summed E-state index contributed by atoms with van der Waals surface area (Å²) in [6.07, 6.45) is 1.18. The summed E-state index contributed by atoms with van der Waals surface area (Å²) < 4.78 is 0. The van der Waals surface area contributed by atoms with Gasteiger partial charge in [-0.25, -0.2) is 0 Å². The van der Waals surface area contributed by atoms with Crippen LogP contribution >= 0.6 is 11.3 Å². The Hall–Kier alpha value is -1.12. The molecule has 108 valence electrons. The van der Waals surface area contributed by atoms with Crippen LogP contribution in [0, 0.1) is 13.8 Å². The molecule has 2 atom stereocenters. The van der Waals surface area contributed by atoms with E-state index in [1.54, 1.807) is 0 Å². The lowest BCUT2D eigenvalue weighted by Gasteiger charge is -2.17. The van der Waals surface area contributed by atoms with Crippen molar-refractivity contribution >= 4 is 11.3 Å². The number of hydrogen-bond donors (Lipinski definition) is 1. The average molecular weight is 287 g/mol. The summed E-state index contributed by atoms with van der Waals surface area (Å²) in [6.45, 7) is 10.0. The van der Waals surface area contributed by atoms with Crippen molar-refractivity contribution in [2.24, 2.45) is 0 Å². The van der Waals surface area contributed by atoms with Crippen LogP contribution in [0.15, 0.2) is 36.4 Å². The van der Waals surface area contributed by atoms with Gasteiger partial charge < -0.3 is 5.32 Å². The van der Waals surface area contributed by atoms with Crippen LogP contribution in [0.4, 0.5) is 0 Å². The van der Waals surface area contributed by atoms with Gasteiger partial charge in [0.15, 0.2) is 0 Å². The summed E-state index contributed by atoms with van der Waals surface area (Å²) in [5.41, 5.74) is 2.89. The Morgan fingerprint density at radius 3 is 2.40 bits per heavy atom. The zero-order chi connectivity index (χ0) is 14.5. The lowest BCUT2D eigenvalue weighted by molar-refractivity contribution is 0.531. The molecule has 0 spiro atoms. The quantitative estimate of drug-likeness (QED) is 0.769. The predicted molar refractivity (Wildman–Crippen MR) is 89.7 cm³/mol. The smallest absolute Gasteiger partial charge is 0.0302 e. The predicted octanol–water partition coefficient (Wildman–Crippen LogP) is 5.21. The highest BCUT2D eigenvalue weighted by Gasteiger charge is 2.11. The summed E-state index contributed by atoms with van der Waals surface area (Å²) in [6, 6.07) is 13.5. The van der Waals surface area contributed by atoms with Gasteiger partial charge in [0.05, 0.1) is 0 Å². The second-order valence-electron chi connectivity index (χ2n) is 5.64. The van der Waals surface area contributed by atoms with Gasteiger partial charge in [-0.05, 0) is 56.8 Å². The summed E-state index contributed by atoms with van der Waals surface area (Å²) in [5, 5.41) is 3.66. The minimum Gasteiger partial charge on any atom is -0.310 e. The van der Waals surface area contributed by atoms with Crippen molar-refractivity contribution in [2.75, 3.05) is 6.54 Å². The first-order valence-electron chi connectivity index (χ1n) is 7.43. The van der Waals surface area contributed by atoms with Crippen LogP contribution in [0.1, 0.15) is 53.1 Å². The second kappa shape index (κ2) is 7.05. The highest BCUT2D eigenvalue weighted by molar-refractivity contribution is 7.12. The van der Waals surface area contributed by atoms with E-state index in [9.17, 15) is 0 Å². The third kappa shape index (κ3) is 3.94. The number of benzene rings is 1. The molecular weight excluding hydrogens is 262 g/mol. The van der Waals surface area contributed by atoms with Crippen molar-refractivity contribution in [3.63, 3.8) is 0 Å². The van der Waals surface area contributed by atoms with E-state index < -0.39 is 0 Å². The Balaban J connectivity index is 1.82. The van der Waals surface area contributed by atoms with Crippen LogP contribution in [0.3, 0.4) is 0 Å². The Bertz CT molecular complexity index is 530. The zero-order valence-corrected chi connectivity index (χ0v) is 13.8. The molecule has 20 heavy (non-hydrogen) atoms. The van der Waals surface area contributed by atoms with E-state index in [1.165, 1.54) is 27.3 Å². The van der Waals surface area contributed by atoms with Crippen LogP contribution in [0.5, 0.6) is 0 Å².